The van der Waals surface area contributed by atoms with Crippen molar-refractivity contribution in [3.8, 4) is 11.5 Å². The second-order valence-corrected chi connectivity index (χ2v) is 7.07. The number of ether oxygens (including phenoxy) is 2. The molecule has 0 aliphatic rings. The molecule has 0 bridgehead atoms. The summed E-state index contributed by atoms with van der Waals surface area (Å²) in [5.41, 5.74) is 0.985. The Kier molecular flexibility index (Phi) is 6.72. The van der Waals surface area contributed by atoms with Crippen LogP contribution in [0.4, 0.5) is 5.82 Å². The Morgan fingerprint density at radius 3 is 2.70 bits per heavy atom. The molecule has 158 valence electrons. The zero-order chi connectivity index (χ0) is 21.7. The fourth-order valence-corrected chi connectivity index (χ4v) is 3.24. The van der Waals surface area contributed by atoms with E-state index < -0.39 is 4.92 Å². The molecule has 1 N–H and O–H groups in total. The van der Waals surface area contributed by atoms with E-state index in [0.29, 0.717) is 30.2 Å². The standard InChI is InChI=1S/C19H19BrN4O6/c1-28-15-5-3-12(9-17(15)29-2)7-8-21-19(25)16-6-4-13(30-16)10-23-11-14(20)18(22-23)24(26)27/h3-6,9,11H,7-8,10H2,1-2H3,(H,21,25). The molecule has 2 heterocycles. The van der Waals surface area contributed by atoms with E-state index in [1.54, 1.807) is 26.4 Å². The SMILES string of the molecule is COc1ccc(CCNC(=O)c2ccc(Cn3cc(Br)c([N+](=O)[O-])n3)o2)cc1OC. The second-order valence-electron chi connectivity index (χ2n) is 6.22. The van der Waals surface area contributed by atoms with Crippen molar-refractivity contribution in [3.63, 3.8) is 0 Å². The summed E-state index contributed by atoms with van der Waals surface area (Å²) in [6.07, 6.45) is 2.08. The lowest BCUT2D eigenvalue weighted by Gasteiger charge is -2.09. The number of nitro groups is 1. The highest BCUT2D eigenvalue weighted by molar-refractivity contribution is 9.10. The number of hydrogen-bond donors (Lipinski definition) is 1. The molecule has 2 aromatic heterocycles. The van der Waals surface area contributed by atoms with E-state index in [-0.39, 0.29) is 28.5 Å². The lowest BCUT2D eigenvalue weighted by Crippen LogP contribution is -2.25. The molecular weight excluding hydrogens is 460 g/mol. The minimum absolute atomic E-state index is 0.151. The molecule has 0 saturated heterocycles. The Morgan fingerprint density at radius 2 is 2.03 bits per heavy atom. The van der Waals surface area contributed by atoms with Crippen molar-refractivity contribution in [2.24, 2.45) is 0 Å². The first kappa shape index (κ1) is 21.4. The molecule has 0 spiro atoms. The van der Waals surface area contributed by atoms with Crippen LogP contribution in [-0.2, 0) is 13.0 Å². The van der Waals surface area contributed by atoms with Gasteiger partial charge in [-0.25, -0.2) is 0 Å². The van der Waals surface area contributed by atoms with Crippen LogP contribution in [0.2, 0.25) is 0 Å². The minimum atomic E-state index is -0.583. The molecule has 1 aromatic carbocycles. The molecule has 0 unspecified atom stereocenters. The van der Waals surface area contributed by atoms with E-state index >= 15 is 0 Å². The fourth-order valence-electron chi connectivity index (χ4n) is 2.78. The van der Waals surface area contributed by atoms with E-state index in [4.69, 9.17) is 13.9 Å². The molecule has 30 heavy (non-hydrogen) atoms. The van der Waals surface area contributed by atoms with Gasteiger partial charge < -0.3 is 29.3 Å². The highest BCUT2D eigenvalue weighted by atomic mass is 79.9. The van der Waals surface area contributed by atoms with Gasteiger partial charge in [-0.05, 0) is 57.1 Å². The number of halogens is 1. The topological polar surface area (TPSA) is 122 Å². The number of carbonyl (C=O) groups excluding carboxylic acids is 1. The average Bonchev–Trinajstić information content (AvgIpc) is 3.34. The van der Waals surface area contributed by atoms with Crippen LogP contribution >= 0.6 is 15.9 Å². The number of methoxy groups -OCH3 is 2. The van der Waals surface area contributed by atoms with E-state index in [9.17, 15) is 14.9 Å². The highest BCUT2D eigenvalue weighted by Crippen LogP contribution is 2.27. The summed E-state index contributed by atoms with van der Waals surface area (Å²) in [5, 5.41) is 17.5. The Morgan fingerprint density at radius 1 is 1.27 bits per heavy atom. The molecule has 0 atom stereocenters. The van der Waals surface area contributed by atoms with Crippen LogP contribution in [0.15, 0.2) is 45.4 Å². The fraction of sp³-hybridized carbons (Fsp3) is 0.263. The molecule has 0 aliphatic carbocycles. The maximum Gasteiger partial charge on any atom is 0.404 e. The number of amides is 1. The molecule has 10 nitrogen and oxygen atoms in total. The van der Waals surface area contributed by atoms with Gasteiger partial charge in [-0.3, -0.25) is 4.79 Å². The molecule has 0 saturated carbocycles. The van der Waals surface area contributed by atoms with Gasteiger partial charge in [0, 0.05) is 6.54 Å². The molecule has 0 fully saturated rings. The third-order valence-corrected chi connectivity index (χ3v) is 4.78. The third kappa shape index (κ3) is 4.98. The molecule has 3 aromatic rings. The Bertz CT molecular complexity index is 1060. The summed E-state index contributed by atoms with van der Waals surface area (Å²) in [5.74, 6) is 1.23. The Hall–Kier alpha value is -3.34. The Labute approximate surface area is 180 Å². The van der Waals surface area contributed by atoms with Gasteiger partial charge in [0.2, 0.25) is 0 Å². The molecule has 3 rings (SSSR count). The first-order valence-corrected chi connectivity index (χ1v) is 9.65. The molecule has 11 heteroatoms. The van der Waals surface area contributed by atoms with E-state index in [2.05, 4.69) is 26.3 Å². The lowest BCUT2D eigenvalue weighted by molar-refractivity contribution is -0.390. The molecule has 1 amide bonds. The van der Waals surface area contributed by atoms with Crippen LogP contribution in [0.3, 0.4) is 0 Å². The van der Waals surface area contributed by atoms with Gasteiger partial charge in [0.1, 0.15) is 16.8 Å². The number of nitrogens with zero attached hydrogens (tertiary/aromatic N) is 3. The highest BCUT2D eigenvalue weighted by Gasteiger charge is 2.20. The Balaban J connectivity index is 1.55. The maximum atomic E-state index is 12.3. The summed E-state index contributed by atoms with van der Waals surface area (Å²) in [7, 11) is 3.14. The van der Waals surface area contributed by atoms with E-state index in [0.717, 1.165) is 5.56 Å². The first-order valence-electron chi connectivity index (χ1n) is 8.86. The smallest absolute Gasteiger partial charge is 0.404 e. The average molecular weight is 479 g/mol. The third-order valence-electron chi connectivity index (χ3n) is 4.22. The quantitative estimate of drug-likeness (QED) is 0.370. The van der Waals surface area contributed by atoms with Crippen LogP contribution in [-0.4, -0.2) is 41.4 Å². The molecule has 0 aliphatic heterocycles. The van der Waals surface area contributed by atoms with Crippen LogP contribution in [0.1, 0.15) is 21.9 Å². The van der Waals surface area contributed by atoms with E-state index in [1.807, 2.05) is 18.2 Å². The van der Waals surface area contributed by atoms with Gasteiger partial charge in [0.15, 0.2) is 17.3 Å². The summed E-state index contributed by atoms with van der Waals surface area (Å²) in [6.45, 7) is 0.564. The lowest BCUT2D eigenvalue weighted by atomic mass is 10.1. The van der Waals surface area contributed by atoms with Gasteiger partial charge in [-0.1, -0.05) is 6.07 Å². The number of nitrogens with one attached hydrogen (secondary N) is 1. The van der Waals surface area contributed by atoms with Gasteiger partial charge in [-0.15, -0.1) is 0 Å². The van der Waals surface area contributed by atoms with Crippen molar-refractivity contribution < 1.29 is 23.6 Å². The van der Waals surface area contributed by atoms with Gasteiger partial charge >= 0.3 is 5.82 Å². The van der Waals surface area contributed by atoms with Crippen LogP contribution < -0.4 is 14.8 Å². The second kappa shape index (κ2) is 9.44. The minimum Gasteiger partial charge on any atom is -0.493 e. The van der Waals surface area contributed by atoms with Crippen molar-refractivity contribution in [1.82, 2.24) is 15.1 Å². The maximum absolute atomic E-state index is 12.3. The first-order chi connectivity index (χ1) is 14.4. The largest absolute Gasteiger partial charge is 0.493 e. The number of furan rings is 1. The van der Waals surface area contributed by atoms with Gasteiger partial charge in [0.25, 0.3) is 5.91 Å². The zero-order valence-corrected chi connectivity index (χ0v) is 17.8. The number of rotatable bonds is 9. The molecule has 0 radical (unpaired) electrons. The molecular formula is C19H19BrN4O6. The number of hydrogen-bond acceptors (Lipinski definition) is 7. The van der Waals surface area contributed by atoms with Crippen molar-refractivity contribution >= 4 is 27.7 Å². The van der Waals surface area contributed by atoms with Crippen LogP contribution in [0.5, 0.6) is 11.5 Å². The van der Waals surface area contributed by atoms with E-state index in [1.165, 1.54) is 10.9 Å². The zero-order valence-electron chi connectivity index (χ0n) is 16.3. The normalized spacial score (nSPS) is 10.6. The summed E-state index contributed by atoms with van der Waals surface area (Å²) in [4.78, 5) is 22.6. The van der Waals surface area contributed by atoms with Gasteiger partial charge in [-0.2, -0.15) is 4.68 Å². The number of carbonyl (C=O) groups is 1. The van der Waals surface area contributed by atoms with Crippen LogP contribution in [0.25, 0.3) is 0 Å². The van der Waals surface area contributed by atoms with Crippen molar-refractivity contribution in [2.75, 3.05) is 20.8 Å². The van der Waals surface area contributed by atoms with Crippen molar-refractivity contribution in [3.05, 3.63) is 68.2 Å². The van der Waals surface area contributed by atoms with Gasteiger partial charge in [0.05, 0.1) is 25.5 Å². The summed E-state index contributed by atoms with van der Waals surface area (Å²) in [6, 6.07) is 8.75. The van der Waals surface area contributed by atoms with Crippen molar-refractivity contribution in [1.29, 1.82) is 0 Å². The number of aromatic nitrogens is 2. The predicted octanol–water partition coefficient (Wildman–Crippen LogP) is 3.18. The van der Waals surface area contributed by atoms with Crippen LogP contribution in [0, 0.1) is 10.1 Å². The van der Waals surface area contributed by atoms with Crippen molar-refractivity contribution in [2.45, 2.75) is 13.0 Å². The predicted molar refractivity (Wildman–Crippen MR) is 110 cm³/mol. The number of benzene rings is 1. The summed E-state index contributed by atoms with van der Waals surface area (Å²) < 4.78 is 17.6. The summed E-state index contributed by atoms with van der Waals surface area (Å²) >= 11 is 3.09. The monoisotopic (exact) mass is 478 g/mol.